The number of aliphatic hydroxyl groups is 1. The summed E-state index contributed by atoms with van der Waals surface area (Å²) in [6, 6.07) is 10.6. The molecule has 1 aromatic carbocycles. The van der Waals surface area contributed by atoms with Crippen molar-refractivity contribution in [1.29, 1.82) is 0 Å². The van der Waals surface area contributed by atoms with Gasteiger partial charge in [-0.05, 0) is 75.8 Å². The highest BCUT2D eigenvalue weighted by Crippen LogP contribution is 2.57. The lowest BCUT2D eigenvalue weighted by Gasteiger charge is -2.61. The molecule has 3 aliphatic rings. The zero-order valence-corrected chi connectivity index (χ0v) is 22.5. The predicted molar refractivity (Wildman–Crippen MR) is 145 cm³/mol. The number of aryl methyl sites for hydroxylation is 2. The molecule has 3 aromatic heterocycles. The van der Waals surface area contributed by atoms with Crippen LogP contribution >= 0.6 is 11.6 Å². The first-order valence-electron chi connectivity index (χ1n) is 12.7. The Morgan fingerprint density at radius 3 is 2.61 bits per heavy atom. The average molecular weight is 533 g/mol. The van der Waals surface area contributed by atoms with Crippen LogP contribution in [0, 0.1) is 12.8 Å². The maximum absolute atomic E-state index is 13.7. The second kappa shape index (κ2) is 8.44. The van der Waals surface area contributed by atoms with Crippen molar-refractivity contribution in [3.8, 4) is 17.3 Å². The number of carbonyl (C=O) groups is 1. The van der Waals surface area contributed by atoms with Crippen molar-refractivity contribution < 1.29 is 14.6 Å². The lowest BCUT2D eigenvalue weighted by Crippen LogP contribution is -2.68. The molecule has 3 aliphatic carbocycles. The lowest BCUT2D eigenvalue weighted by atomic mass is 9.50. The molecule has 3 heterocycles. The fourth-order valence-corrected chi connectivity index (χ4v) is 5.77. The molecule has 196 valence electrons. The number of para-hydroxylation sites is 1. The highest BCUT2D eigenvalue weighted by atomic mass is 35.5. The summed E-state index contributed by atoms with van der Waals surface area (Å²) in [6.45, 7) is 5.17. The maximum atomic E-state index is 13.7. The Hall–Kier alpha value is -3.62. The van der Waals surface area contributed by atoms with Gasteiger partial charge in [0.1, 0.15) is 16.9 Å². The number of fused-ring (bicyclic) bond motifs is 1. The Balaban J connectivity index is 1.60. The lowest BCUT2D eigenvalue weighted by molar-refractivity contribution is -0.0440. The van der Waals surface area contributed by atoms with Gasteiger partial charge in [-0.1, -0.05) is 23.7 Å². The van der Waals surface area contributed by atoms with Crippen LogP contribution in [0.5, 0.6) is 11.6 Å². The fraction of sp³-hybridized carbons (Fsp3) is 0.345. The Morgan fingerprint density at radius 1 is 1.24 bits per heavy atom. The average Bonchev–Trinajstić information content (AvgIpc) is 3.20. The number of rotatable bonds is 6. The van der Waals surface area contributed by atoms with Crippen LogP contribution in [0.25, 0.3) is 16.6 Å². The van der Waals surface area contributed by atoms with Gasteiger partial charge in [0.05, 0.1) is 10.6 Å². The van der Waals surface area contributed by atoms with E-state index in [2.05, 4.69) is 10.3 Å². The number of benzene rings is 1. The van der Waals surface area contributed by atoms with E-state index in [1.807, 2.05) is 19.1 Å². The fourth-order valence-electron chi connectivity index (χ4n) is 5.51. The van der Waals surface area contributed by atoms with E-state index >= 15 is 0 Å². The van der Waals surface area contributed by atoms with Crippen molar-refractivity contribution in [2.24, 2.45) is 13.0 Å². The topological polar surface area (TPSA) is 98.4 Å². The van der Waals surface area contributed by atoms with Crippen molar-refractivity contribution in [1.82, 2.24) is 19.4 Å². The third kappa shape index (κ3) is 3.90. The van der Waals surface area contributed by atoms with Crippen LogP contribution in [0.4, 0.5) is 0 Å². The summed E-state index contributed by atoms with van der Waals surface area (Å²) in [5, 5.41) is 15.0. The minimum atomic E-state index is -1.23. The summed E-state index contributed by atoms with van der Waals surface area (Å²) in [6.07, 6.45) is 6.15. The van der Waals surface area contributed by atoms with Crippen molar-refractivity contribution in [2.45, 2.75) is 51.2 Å². The molecule has 0 atom stereocenters. The van der Waals surface area contributed by atoms with Gasteiger partial charge in [-0.2, -0.15) is 0 Å². The minimum Gasteiger partial charge on any atom is -0.435 e. The molecule has 3 saturated carbocycles. The summed E-state index contributed by atoms with van der Waals surface area (Å²) in [5.41, 5.74) is 0.586. The van der Waals surface area contributed by atoms with E-state index in [1.54, 1.807) is 55.9 Å². The SMILES string of the molecule is Cc1cccc(Cl)c1Oc1ncc(C(C)(C)O)cc1-n1c(C(=O)NC23CC(C2)C3)cc2ccn(C)c(=O)c21. The zero-order chi connectivity index (χ0) is 27.0. The standard InChI is InChI=1S/C29H29ClN4O4/c1-16-6-5-7-20(30)24(16)38-26-22(11-19(15-31-26)28(2,3)37)34-21(25(35)32-29-12-17(13-29)14-29)10-18-8-9-33(4)27(36)23(18)34/h5-11,15,17,37H,12-14H2,1-4H3,(H,32,35). The van der Waals surface area contributed by atoms with E-state index in [9.17, 15) is 14.7 Å². The number of hydrogen-bond acceptors (Lipinski definition) is 5. The van der Waals surface area contributed by atoms with Gasteiger partial charge in [-0.3, -0.25) is 14.2 Å². The summed E-state index contributed by atoms with van der Waals surface area (Å²) in [5.74, 6) is 0.996. The van der Waals surface area contributed by atoms with Crippen LogP contribution in [0.1, 0.15) is 54.7 Å². The molecule has 2 N–H and O–H groups in total. The van der Waals surface area contributed by atoms with Gasteiger partial charge in [0.15, 0.2) is 5.75 Å². The van der Waals surface area contributed by atoms with Gasteiger partial charge in [-0.15, -0.1) is 0 Å². The molecule has 38 heavy (non-hydrogen) atoms. The van der Waals surface area contributed by atoms with Crippen LogP contribution in [0.15, 0.2) is 53.6 Å². The minimum absolute atomic E-state index is 0.150. The number of hydrogen-bond donors (Lipinski definition) is 2. The van der Waals surface area contributed by atoms with E-state index < -0.39 is 5.60 Å². The van der Waals surface area contributed by atoms with Crippen LogP contribution in [0.2, 0.25) is 5.02 Å². The van der Waals surface area contributed by atoms with Crippen molar-refractivity contribution >= 4 is 28.4 Å². The van der Waals surface area contributed by atoms with Crippen LogP contribution < -0.4 is 15.6 Å². The predicted octanol–water partition coefficient (Wildman–Crippen LogP) is 4.99. The molecule has 3 fully saturated rings. The molecule has 1 amide bonds. The van der Waals surface area contributed by atoms with Crippen molar-refractivity contribution in [3.63, 3.8) is 0 Å². The van der Waals surface area contributed by atoms with E-state index in [4.69, 9.17) is 16.3 Å². The number of amides is 1. The molecule has 0 unspecified atom stereocenters. The molecule has 2 bridgehead atoms. The van der Waals surface area contributed by atoms with Gasteiger partial charge in [0, 0.05) is 35.9 Å². The third-order valence-electron chi connectivity index (χ3n) is 7.82. The summed E-state index contributed by atoms with van der Waals surface area (Å²) in [7, 11) is 1.66. The van der Waals surface area contributed by atoms with Crippen LogP contribution in [0.3, 0.4) is 0 Å². The molecule has 4 aromatic rings. The number of ether oxygens (including phenoxy) is 1. The summed E-state index contributed by atoms with van der Waals surface area (Å²) < 4.78 is 9.34. The summed E-state index contributed by atoms with van der Waals surface area (Å²) in [4.78, 5) is 31.7. The number of halogens is 1. The number of aromatic nitrogens is 3. The second-order valence-electron chi connectivity index (χ2n) is 11.2. The summed E-state index contributed by atoms with van der Waals surface area (Å²) >= 11 is 6.47. The molecular weight excluding hydrogens is 504 g/mol. The molecule has 8 nitrogen and oxygen atoms in total. The molecule has 0 aliphatic heterocycles. The van der Waals surface area contributed by atoms with Gasteiger partial charge < -0.3 is 19.7 Å². The Bertz CT molecular complexity index is 1640. The van der Waals surface area contributed by atoms with E-state index in [1.165, 1.54) is 10.8 Å². The van der Waals surface area contributed by atoms with Gasteiger partial charge >= 0.3 is 0 Å². The molecule has 7 rings (SSSR count). The first-order valence-corrected chi connectivity index (χ1v) is 13.0. The molecule has 9 heteroatoms. The Kier molecular flexibility index (Phi) is 5.49. The van der Waals surface area contributed by atoms with E-state index in [-0.39, 0.29) is 22.9 Å². The molecule has 0 radical (unpaired) electrons. The highest BCUT2D eigenvalue weighted by Gasteiger charge is 2.57. The first-order chi connectivity index (χ1) is 18.0. The molecule has 0 spiro atoms. The Morgan fingerprint density at radius 2 is 1.97 bits per heavy atom. The number of carbonyl (C=O) groups excluding carboxylic acids is 1. The van der Waals surface area contributed by atoms with Gasteiger partial charge in [-0.25, -0.2) is 4.98 Å². The van der Waals surface area contributed by atoms with Crippen LogP contribution in [-0.2, 0) is 12.6 Å². The number of pyridine rings is 2. The Labute approximate surface area is 224 Å². The van der Waals surface area contributed by atoms with Crippen LogP contribution in [-0.4, -0.2) is 30.7 Å². The zero-order valence-electron chi connectivity index (χ0n) is 21.7. The largest absolute Gasteiger partial charge is 0.435 e. The van der Waals surface area contributed by atoms with Gasteiger partial charge in [0.25, 0.3) is 11.5 Å². The number of nitrogens with one attached hydrogen (secondary N) is 1. The van der Waals surface area contributed by atoms with Gasteiger partial charge in [0.2, 0.25) is 5.88 Å². The second-order valence-corrected chi connectivity index (χ2v) is 11.6. The highest BCUT2D eigenvalue weighted by molar-refractivity contribution is 6.32. The smallest absolute Gasteiger partial charge is 0.275 e. The maximum Gasteiger partial charge on any atom is 0.275 e. The van der Waals surface area contributed by atoms with E-state index in [0.717, 1.165) is 24.8 Å². The first kappa shape index (κ1) is 24.7. The molecular formula is C29H29ClN4O4. The van der Waals surface area contributed by atoms with E-state index in [0.29, 0.717) is 44.5 Å². The monoisotopic (exact) mass is 532 g/mol. The number of nitrogens with zero attached hydrogens (tertiary/aromatic N) is 3. The third-order valence-corrected chi connectivity index (χ3v) is 8.12. The van der Waals surface area contributed by atoms with Crippen molar-refractivity contribution in [2.75, 3.05) is 0 Å². The normalized spacial score (nSPS) is 20.1. The molecule has 0 saturated heterocycles. The van der Waals surface area contributed by atoms with Crippen molar-refractivity contribution in [3.05, 3.63) is 81.0 Å². The quantitative estimate of drug-likeness (QED) is 0.364.